The van der Waals surface area contributed by atoms with Gasteiger partial charge in [-0.3, -0.25) is 14.9 Å². The average Bonchev–Trinajstić information content (AvgIpc) is 2.99. The molecule has 3 rings (SSSR count). The summed E-state index contributed by atoms with van der Waals surface area (Å²) in [6, 6.07) is 8.97. The summed E-state index contributed by atoms with van der Waals surface area (Å²) in [5, 5.41) is 6.59. The number of aromatic nitrogens is 3. The van der Waals surface area contributed by atoms with Crippen molar-refractivity contribution in [3.63, 3.8) is 0 Å². The van der Waals surface area contributed by atoms with Crippen LogP contribution in [-0.4, -0.2) is 21.5 Å². The molecule has 0 aliphatic rings. The molecule has 1 aromatic carbocycles. The van der Waals surface area contributed by atoms with Gasteiger partial charge in [-0.05, 0) is 36.4 Å². The van der Waals surface area contributed by atoms with Gasteiger partial charge >= 0.3 is 0 Å². The predicted octanol–water partition coefficient (Wildman–Crippen LogP) is 3.22. The van der Waals surface area contributed by atoms with E-state index in [0.717, 1.165) is 0 Å². The number of aldehydes is 1. The Morgan fingerprint density at radius 1 is 1.19 bits per heavy atom. The number of carbonyl (C=O) groups is 1. The monoisotopic (exact) mass is 283 g/mol. The van der Waals surface area contributed by atoms with Crippen molar-refractivity contribution >= 4 is 6.29 Å². The minimum absolute atomic E-state index is 0.293. The Morgan fingerprint density at radius 3 is 2.71 bits per heavy atom. The predicted molar refractivity (Wildman–Crippen MR) is 73.7 cm³/mol. The highest BCUT2D eigenvalue weighted by atomic mass is 19.1. The van der Waals surface area contributed by atoms with E-state index in [1.54, 1.807) is 24.5 Å². The van der Waals surface area contributed by atoms with E-state index in [1.165, 1.54) is 24.3 Å². The normalized spacial score (nSPS) is 10.3. The maximum Gasteiger partial charge on any atom is 0.170 e. The van der Waals surface area contributed by atoms with Crippen molar-refractivity contribution in [2.24, 2.45) is 0 Å². The van der Waals surface area contributed by atoms with Crippen LogP contribution in [0.4, 0.5) is 4.39 Å². The summed E-state index contributed by atoms with van der Waals surface area (Å²) in [6.07, 6.45) is 3.83. The van der Waals surface area contributed by atoms with Crippen LogP contribution in [0.15, 0.2) is 48.8 Å². The van der Waals surface area contributed by atoms with Crippen LogP contribution in [0.5, 0.6) is 11.5 Å². The third kappa shape index (κ3) is 2.79. The second-order valence-corrected chi connectivity index (χ2v) is 4.25. The Kier molecular flexibility index (Phi) is 3.42. The van der Waals surface area contributed by atoms with Gasteiger partial charge in [0.2, 0.25) is 0 Å². The zero-order chi connectivity index (χ0) is 14.7. The highest BCUT2D eigenvalue weighted by molar-refractivity contribution is 5.76. The molecule has 1 N–H and O–H groups in total. The number of benzene rings is 1. The van der Waals surface area contributed by atoms with Crippen LogP contribution >= 0.6 is 0 Å². The lowest BCUT2D eigenvalue weighted by molar-refractivity contribution is 0.111. The fourth-order valence-electron chi connectivity index (χ4n) is 1.84. The average molecular weight is 283 g/mol. The van der Waals surface area contributed by atoms with E-state index in [2.05, 4.69) is 15.2 Å². The number of rotatable bonds is 4. The van der Waals surface area contributed by atoms with Crippen molar-refractivity contribution in [1.82, 2.24) is 15.2 Å². The van der Waals surface area contributed by atoms with Crippen LogP contribution in [0.3, 0.4) is 0 Å². The zero-order valence-corrected chi connectivity index (χ0v) is 10.8. The first kappa shape index (κ1) is 13.0. The summed E-state index contributed by atoms with van der Waals surface area (Å²) in [5.74, 6) is 0.693. The molecule has 2 heterocycles. The largest absolute Gasteiger partial charge is 0.457 e. The smallest absolute Gasteiger partial charge is 0.170 e. The molecule has 0 amide bonds. The van der Waals surface area contributed by atoms with Gasteiger partial charge in [0.05, 0.1) is 11.3 Å². The lowest BCUT2D eigenvalue weighted by atomic mass is 10.2. The van der Waals surface area contributed by atoms with Crippen molar-refractivity contribution < 1.29 is 13.9 Å². The van der Waals surface area contributed by atoms with Crippen molar-refractivity contribution in [2.75, 3.05) is 0 Å². The highest BCUT2D eigenvalue weighted by Crippen LogP contribution is 2.31. The molecule has 0 fully saturated rings. The Bertz CT molecular complexity index is 769. The second kappa shape index (κ2) is 5.54. The van der Waals surface area contributed by atoms with Crippen molar-refractivity contribution in [1.29, 1.82) is 0 Å². The molecule has 0 saturated heterocycles. The first-order valence-corrected chi connectivity index (χ1v) is 6.14. The zero-order valence-electron chi connectivity index (χ0n) is 10.8. The molecule has 0 saturated carbocycles. The van der Waals surface area contributed by atoms with Gasteiger partial charge < -0.3 is 4.74 Å². The molecular weight excluding hydrogens is 273 g/mol. The molecule has 0 atom stereocenters. The lowest BCUT2D eigenvalue weighted by Gasteiger charge is -2.09. The fourth-order valence-corrected chi connectivity index (χ4v) is 1.84. The molecule has 0 aliphatic heterocycles. The Morgan fingerprint density at radius 2 is 2.00 bits per heavy atom. The van der Waals surface area contributed by atoms with Crippen LogP contribution < -0.4 is 4.74 Å². The summed E-state index contributed by atoms with van der Waals surface area (Å²) in [7, 11) is 0. The first-order valence-electron chi connectivity index (χ1n) is 6.14. The van der Waals surface area contributed by atoms with Gasteiger partial charge in [0, 0.05) is 12.4 Å². The van der Waals surface area contributed by atoms with E-state index in [1.807, 2.05) is 0 Å². The standard InChI is InChI=1S/C15H10FN3O2/c16-10-1-3-12(4-2-10)21-15-5-6-17-8-13(15)14-7-11(9-20)18-19-14/h1-9H,(H,18,19). The van der Waals surface area contributed by atoms with Gasteiger partial charge in [-0.25, -0.2) is 4.39 Å². The van der Waals surface area contributed by atoms with Crippen molar-refractivity contribution in [2.45, 2.75) is 0 Å². The van der Waals surface area contributed by atoms with Crippen molar-refractivity contribution in [3.05, 3.63) is 60.3 Å². The van der Waals surface area contributed by atoms with Gasteiger partial charge in [-0.15, -0.1) is 0 Å². The van der Waals surface area contributed by atoms with Crippen LogP contribution in [0.1, 0.15) is 10.5 Å². The van der Waals surface area contributed by atoms with E-state index in [-0.39, 0.29) is 5.82 Å². The number of aromatic amines is 1. The molecule has 0 spiro atoms. The number of H-pyrrole nitrogens is 1. The minimum atomic E-state index is -0.332. The quantitative estimate of drug-likeness (QED) is 0.746. The molecule has 0 unspecified atom stereocenters. The molecule has 3 aromatic rings. The van der Waals surface area contributed by atoms with Gasteiger partial charge in [-0.1, -0.05) is 0 Å². The number of nitrogens with one attached hydrogen (secondary N) is 1. The SMILES string of the molecule is O=Cc1cc(-c2cnccc2Oc2ccc(F)cc2)[nH]n1. The van der Waals surface area contributed by atoms with Crippen LogP contribution in [0, 0.1) is 5.82 Å². The topological polar surface area (TPSA) is 67.9 Å². The van der Waals surface area contributed by atoms with E-state index in [0.29, 0.717) is 34.7 Å². The molecule has 0 radical (unpaired) electrons. The molecule has 104 valence electrons. The maximum absolute atomic E-state index is 12.9. The Labute approximate surface area is 119 Å². The Hall–Kier alpha value is -3.02. The molecule has 2 aromatic heterocycles. The van der Waals surface area contributed by atoms with E-state index >= 15 is 0 Å². The number of pyridine rings is 1. The van der Waals surface area contributed by atoms with Crippen LogP contribution in [-0.2, 0) is 0 Å². The summed E-state index contributed by atoms with van der Waals surface area (Å²) >= 11 is 0. The van der Waals surface area contributed by atoms with E-state index in [4.69, 9.17) is 4.74 Å². The number of ether oxygens (including phenoxy) is 1. The third-order valence-corrected chi connectivity index (χ3v) is 2.83. The lowest BCUT2D eigenvalue weighted by Crippen LogP contribution is -1.90. The van der Waals surface area contributed by atoms with Gasteiger partial charge in [0.15, 0.2) is 6.29 Å². The molecule has 21 heavy (non-hydrogen) atoms. The maximum atomic E-state index is 12.9. The van der Waals surface area contributed by atoms with Crippen LogP contribution in [0.2, 0.25) is 0 Å². The van der Waals surface area contributed by atoms with Crippen molar-refractivity contribution in [3.8, 4) is 22.8 Å². The molecule has 0 bridgehead atoms. The van der Waals surface area contributed by atoms with E-state index < -0.39 is 0 Å². The first-order chi connectivity index (χ1) is 10.3. The van der Waals surface area contributed by atoms with E-state index in [9.17, 15) is 9.18 Å². The molecule has 5 nitrogen and oxygen atoms in total. The van der Waals surface area contributed by atoms with Gasteiger partial charge in [-0.2, -0.15) is 5.10 Å². The van der Waals surface area contributed by atoms with Gasteiger partial charge in [0.1, 0.15) is 23.0 Å². The molecule has 0 aliphatic carbocycles. The number of carbonyl (C=O) groups excluding carboxylic acids is 1. The molecular formula is C15H10FN3O2. The summed E-state index contributed by atoms with van der Waals surface area (Å²) in [5.41, 5.74) is 1.56. The van der Waals surface area contributed by atoms with Crippen LogP contribution in [0.25, 0.3) is 11.3 Å². The second-order valence-electron chi connectivity index (χ2n) is 4.25. The van der Waals surface area contributed by atoms with Gasteiger partial charge in [0.25, 0.3) is 0 Å². The summed E-state index contributed by atoms with van der Waals surface area (Å²) < 4.78 is 18.6. The number of hydrogen-bond acceptors (Lipinski definition) is 4. The fraction of sp³-hybridized carbons (Fsp3) is 0. The number of halogens is 1. The highest BCUT2D eigenvalue weighted by Gasteiger charge is 2.10. The number of nitrogens with zero attached hydrogens (tertiary/aromatic N) is 2. The Balaban J connectivity index is 1.95. The molecule has 6 heteroatoms. The summed E-state index contributed by atoms with van der Waals surface area (Å²) in [6.45, 7) is 0. The minimum Gasteiger partial charge on any atom is -0.457 e. The number of hydrogen-bond donors (Lipinski definition) is 1. The third-order valence-electron chi connectivity index (χ3n) is 2.83. The summed E-state index contributed by atoms with van der Waals surface area (Å²) in [4.78, 5) is 14.7.